The molecule has 0 amide bonds. The summed E-state index contributed by atoms with van der Waals surface area (Å²) in [5.41, 5.74) is 7.61. The normalized spacial score (nSPS) is 32.6. The number of allylic oxidation sites excluding steroid dienone is 2. The van der Waals surface area contributed by atoms with E-state index in [1.54, 1.807) is 5.57 Å². The van der Waals surface area contributed by atoms with Crippen LogP contribution < -0.4 is 26.4 Å². The van der Waals surface area contributed by atoms with Crippen LogP contribution in [0.1, 0.15) is 126 Å². The van der Waals surface area contributed by atoms with Crippen LogP contribution >= 0.6 is 0 Å². The number of rotatable bonds is 10. The highest BCUT2D eigenvalue weighted by atomic mass is 79.9. The van der Waals surface area contributed by atoms with Gasteiger partial charge < -0.3 is 31.7 Å². The van der Waals surface area contributed by atoms with Crippen molar-refractivity contribution in [3.63, 3.8) is 0 Å². The molecule has 336 valence electrons. The molecule has 0 unspecified atom stereocenters. The molecule has 63 heavy (non-hydrogen) atoms. The van der Waals surface area contributed by atoms with Crippen LogP contribution in [0.15, 0.2) is 121 Å². The summed E-state index contributed by atoms with van der Waals surface area (Å²) >= 11 is 0. The number of fused-ring (bicyclic) bond motifs is 7. The monoisotopic (exact) mass is 912 g/mol. The minimum absolute atomic E-state index is 0. The molecule has 4 fully saturated rings. The van der Waals surface area contributed by atoms with E-state index in [-0.39, 0.29) is 62.0 Å². The summed E-state index contributed by atoms with van der Waals surface area (Å²) in [5.74, 6) is 1.47. The summed E-state index contributed by atoms with van der Waals surface area (Å²) in [7, 11) is 0. The Bertz CT molecular complexity index is 2220. The third-order valence-electron chi connectivity index (χ3n) is 18.4. The van der Waals surface area contributed by atoms with Crippen molar-refractivity contribution in [1.29, 1.82) is 0 Å². The number of aliphatic hydroxyl groups excluding tert-OH is 1. The summed E-state index contributed by atoms with van der Waals surface area (Å²) in [6.07, 6.45) is 19.3. The SMILES string of the molecule is CC1(C)CC[C@]2(C(=O)OCCCC[n+]3ccc(-c4ccc(N(c5ccccc5)c5ccccc5)cc4)cc3)CC[C@]3(C)C(=CC[C@@H]4[C@@]5(C)CC[C@H](O)C(C)(C)[C@@H]5CC[C@]43C)[C@@H]2C1.[Br-]. The molecule has 5 aliphatic carbocycles. The van der Waals surface area contributed by atoms with E-state index < -0.39 is 5.41 Å². The molecular formula is C57H73BrN2O3. The van der Waals surface area contributed by atoms with E-state index >= 15 is 0 Å². The Kier molecular flexibility index (Phi) is 12.5. The van der Waals surface area contributed by atoms with E-state index in [0.717, 1.165) is 87.8 Å². The number of nitrogens with zero attached hydrogens (tertiary/aromatic N) is 2. The first-order valence-electron chi connectivity index (χ1n) is 24.2. The maximum absolute atomic E-state index is 14.6. The smallest absolute Gasteiger partial charge is 0.312 e. The van der Waals surface area contributed by atoms with Gasteiger partial charge in [-0.25, -0.2) is 4.57 Å². The molecule has 1 aromatic heterocycles. The molecule has 0 aliphatic heterocycles. The highest BCUT2D eigenvalue weighted by Crippen LogP contribution is 2.76. The van der Waals surface area contributed by atoms with Crippen molar-refractivity contribution >= 4 is 23.0 Å². The van der Waals surface area contributed by atoms with Gasteiger partial charge in [-0.15, -0.1) is 0 Å². The number of carbonyl (C=O) groups is 1. The predicted molar refractivity (Wildman–Crippen MR) is 252 cm³/mol. The van der Waals surface area contributed by atoms with E-state index in [9.17, 15) is 9.90 Å². The fraction of sp³-hybridized carbons (Fsp3) is 0.544. The minimum atomic E-state index is -0.410. The van der Waals surface area contributed by atoms with Crippen LogP contribution in [0.5, 0.6) is 0 Å². The third kappa shape index (κ3) is 7.85. The van der Waals surface area contributed by atoms with Gasteiger partial charge in [-0.3, -0.25) is 4.79 Å². The van der Waals surface area contributed by atoms with Crippen LogP contribution in [0, 0.1) is 50.2 Å². The number of aryl methyl sites for hydroxylation is 1. The van der Waals surface area contributed by atoms with Crippen molar-refractivity contribution < 1.29 is 36.2 Å². The first-order valence-corrected chi connectivity index (χ1v) is 24.2. The van der Waals surface area contributed by atoms with E-state index in [2.05, 4.69) is 173 Å². The summed E-state index contributed by atoms with van der Waals surface area (Å²) < 4.78 is 8.62. The van der Waals surface area contributed by atoms with Gasteiger partial charge in [0, 0.05) is 35.6 Å². The van der Waals surface area contributed by atoms with E-state index in [0.29, 0.717) is 18.4 Å². The number of hydrogen-bond acceptors (Lipinski definition) is 4. The average molecular weight is 914 g/mol. The number of anilines is 3. The fourth-order valence-electron chi connectivity index (χ4n) is 14.5. The molecule has 5 aliphatic rings. The number of esters is 1. The number of hydrogen-bond donors (Lipinski definition) is 1. The molecule has 0 radical (unpaired) electrons. The molecule has 1 N–H and O–H groups in total. The van der Waals surface area contributed by atoms with Crippen molar-refractivity contribution in [1.82, 2.24) is 0 Å². The van der Waals surface area contributed by atoms with Gasteiger partial charge in [0.15, 0.2) is 12.4 Å². The minimum Gasteiger partial charge on any atom is -1.00 e. The van der Waals surface area contributed by atoms with Gasteiger partial charge in [-0.05, 0) is 163 Å². The molecule has 4 aromatic rings. The number of ether oxygens (including phenoxy) is 1. The van der Waals surface area contributed by atoms with Crippen LogP contribution in [-0.2, 0) is 16.1 Å². The van der Waals surface area contributed by atoms with E-state index in [1.165, 1.54) is 24.0 Å². The maximum atomic E-state index is 14.6. The largest absolute Gasteiger partial charge is 1.00 e. The van der Waals surface area contributed by atoms with Crippen molar-refractivity contribution in [3.8, 4) is 11.1 Å². The quantitative estimate of drug-likeness (QED) is 0.0746. The lowest BCUT2D eigenvalue weighted by molar-refractivity contribution is -0.697. The molecule has 0 bridgehead atoms. The second-order valence-corrected chi connectivity index (χ2v) is 22.5. The summed E-state index contributed by atoms with van der Waals surface area (Å²) in [5, 5.41) is 11.1. The lowest BCUT2D eigenvalue weighted by Gasteiger charge is -2.71. The van der Waals surface area contributed by atoms with Crippen LogP contribution in [0.4, 0.5) is 17.1 Å². The summed E-state index contributed by atoms with van der Waals surface area (Å²) in [4.78, 5) is 16.9. The zero-order chi connectivity index (χ0) is 43.5. The van der Waals surface area contributed by atoms with E-state index in [4.69, 9.17) is 4.74 Å². The number of para-hydroxylation sites is 2. The Labute approximate surface area is 389 Å². The Morgan fingerprint density at radius 1 is 0.698 bits per heavy atom. The number of aromatic nitrogens is 1. The van der Waals surface area contributed by atoms with Gasteiger partial charge in [-0.1, -0.05) is 109 Å². The molecular weight excluding hydrogens is 841 g/mol. The van der Waals surface area contributed by atoms with Crippen molar-refractivity contribution in [3.05, 3.63) is 121 Å². The summed E-state index contributed by atoms with van der Waals surface area (Å²) in [6, 6.07) is 34.3. The second-order valence-electron chi connectivity index (χ2n) is 22.5. The van der Waals surface area contributed by atoms with Gasteiger partial charge in [0.1, 0.15) is 6.54 Å². The molecule has 3 aromatic carbocycles. The Balaban J connectivity index is 0.00000544. The molecule has 1 heterocycles. The number of pyridine rings is 1. The number of aliphatic hydroxyl groups is 1. The van der Waals surface area contributed by atoms with Crippen molar-refractivity contribution in [2.45, 2.75) is 138 Å². The van der Waals surface area contributed by atoms with Gasteiger partial charge in [0.25, 0.3) is 0 Å². The molecule has 0 spiro atoms. The van der Waals surface area contributed by atoms with Crippen LogP contribution in [0.3, 0.4) is 0 Å². The Hall–Kier alpha value is -3.74. The maximum Gasteiger partial charge on any atom is 0.312 e. The lowest BCUT2D eigenvalue weighted by Crippen LogP contribution is -3.00. The standard InChI is InChI=1S/C57H73N2O3.BrH/c1-52(2)32-34-57(35-33-55(6)46(47(57)40-52)24-25-49-54(5)30-27-50(60)53(3,4)48(54)26-31-56(49,55)7)51(61)62-39-15-14-36-58-37-28-42(29-38-58)41-20-22-45(23-21-41)59(43-16-10-8-11-17-43)44-18-12-9-13-19-44;/h8-13,16-24,28-29,37-38,47-50,60H,14-15,25-27,30-36,39-40H2,1-7H3;1H/q+1;/p-1/t47-,48-,49+,50-,54-,55+,56+,57-;/m0./s1. The number of benzene rings is 3. The number of unbranched alkanes of at least 4 members (excludes halogenated alkanes) is 1. The van der Waals surface area contributed by atoms with E-state index in [1.807, 2.05) is 0 Å². The first-order chi connectivity index (χ1) is 29.6. The average Bonchev–Trinajstić information content (AvgIpc) is 3.26. The lowest BCUT2D eigenvalue weighted by atomic mass is 9.33. The van der Waals surface area contributed by atoms with Crippen LogP contribution in [0.2, 0.25) is 0 Å². The Morgan fingerprint density at radius 3 is 1.95 bits per heavy atom. The second kappa shape index (κ2) is 17.2. The highest BCUT2D eigenvalue weighted by molar-refractivity contribution is 5.79. The highest BCUT2D eigenvalue weighted by Gasteiger charge is 2.69. The van der Waals surface area contributed by atoms with Gasteiger partial charge in [0.2, 0.25) is 0 Å². The zero-order valence-electron chi connectivity index (χ0n) is 39.2. The molecule has 8 atom stereocenters. The van der Waals surface area contributed by atoms with Gasteiger partial charge in [0.05, 0.1) is 18.1 Å². The third-order valence-corrected chi connectivity index (χ3v) is 18.4. The van der Waals surface area contributed by atoms with Crippen LogP contribution in [-0.4, -0.2) is 23.8 Å². The van der Waals surface area contributed by atoms with Crippen molar-refractivity contribution in [2.75, 3.05) is 11.5 Å². The number of halogens is 1. The van der Waals surface area contributed by atoms with Gasteiger partial charge in [-0.2, -0.15) is 0 Å². The predicted octanol–water partition coefficient (Wildman–Crippen LogP) is 10.6. The molecule has 9 rings (SSSR count). The van der Waals surface area contributed by atoms with Crippen molar-refractivity contribution in [2.24, 2.45) is 50.2 Å². The van der Waals surface area contributed by atoms with Crippen LogP contribution in [0.25, 0.3) is 11.1 Å². The van der Waals surface area contributed by atoms with Gasteiger partial charge >= 0.3 is 5.97 Å². The topological polar surface area (TPSA) is 53.7 Å². The Morgan fingerprint density at radius 2 is 1.30 bits per heavy atom. The number of carbonyl (C=O) groups excluding carboxylic acids is 1. The molecule has 6 heteroatoms. The first kappa shape index (κ1) is 45.8. The summed E-state index contributed by atoms with van der Waals surface area (Å²) in [6.45, 7) is 18.7. The molecule has 4 saturated carbocycles. The fourth-order valence-corrected chi connectivity index (χ4v) is 14.5. The molecule has 5 nitrogen and oxygen atoms in total. The zero-order valence-corrected chi connectivity index (χ0v) is 40.8. The molecule has 0 saturated heterocycles.